The molecule has 0 saturated carbocycles. The van der Waals surface area contributed by atoms with Crippen LogP contribution in [0.1, 0.15) is 29.6 Å². The average Bonchev–Trinajstić information content (AvgIpc) is 2.71. The van der Waals surface area contributed by atoms with Crippen molar-refractivity contribution in [1.82, 2.24) is 10.2 Å². The third kappa shape index (κ3) is 2.76. The number of amides is 1. The lowest BCUT2D eigenvalue weighted by atomic mass is 10.1. The van der Waals surface area contributed by atoms with Crippen molar-refractivity contribution in [2.24, 2.45) is 0 Å². The van der Waals surface area contributed by atoms with E-state index in [1.807, 2.05) is 24.3 Å². The first-order valence-electron chi connectivity index (χ1n) is 6.97. The zero-order valence-electron chi connectivity index (χ0n) is 11.7. The molecule has 1 aromatic rings. The van der Waals surface area contributed by atoms with E-state index in [9.17, 15) is 4.79 Å². The number of hydrogen-bond donors (Lipinski definition) is 1. The van der Waals surface area contributed by atoms with Gasteiger partial charge in [0, 0.05) is 24.2 Å². The number of carbonyl (C=O) groups excluding carboxylic acids is 1. The van der Waals surface area contributed by atoms with Crippen molar-refractivity contribution in [3.63, 3.8) is 0 Å². The van der Waals surface area contributed by atoms with Crippen molar-refractivity contribution in [3.8, 4) is 5.75 Å². The highest BCUT2D eigenvalue weighted by atomic mass is 35.5. The molecule has 0 aromatic heterocycles. The largest absolute Gasteiger partial charge is 0.497 e. The van der Waals surface area contributed by atoms with E-state index in [1.54, 1.807) is 7.11 Å². The molecule has 1 aromatic carbocycles. The highest BCUT2D eigenvalue weighted by Gasteiger charge is 2.38. The Hall–Kier alpha value is -1.26. The Morgan fingerprint density at radius 2 is 2.10 bits per heavy atom. The van der Waals surface area contributed by atoms with E-state index in [1.165, 1.54) is 0 Å². The van der Waals surface area contributed by atoms with Gasteiger partial charge >= 0.3 is 0 Å². The number of methoxy groups -OCH3 is 1. The van der Waals surface area contributed by atoms with Crippen LogP contribution >= 0.6 is 12.4 Å². The Morgan fingerprint density at radius 3 is 2.90 bits per heavy atom. The summed E-state index contributed by atoms with van der Waals surface area (Å²) in [7, 11) is 1.63. The van der Waals surface area contributed by atoms with Gasteiger partial charge in [-0.3, -0.25) is 4.79 Å². The molecule has 110 valence electrons. The Kier molecular flexibility index (Phi) is 4.89. The van der Waals surface area contributed by atoms with E-state index in [0.29, 0.717) is 12.1 Å². The van der Waals surface area contributed by atoms with Crippen LogP contribution in [0.2, 0.25) is 0 Å². The molecule has 2 heterocycles. The van der Waals surface area contributed by atoms with Crippen molar-refractivity contribution < 1.29 is 9.53 Å². The second kappa shape index (κ2) is 6.46. The van der Waals surface area contributed by atoms with Crippen molar-refractivity contribution in [1.29, 1.82) is 0 Å². The standard InChI is InChI=1S/C15H20N2O2.ClH/c1-19-14-4-2-3-11(9-14)15(18)17-12-5-6-13(17)10-16-8-7-12;/h2-4,9,12-13,16H,5-8,10H2,1H3;1H. The number of nitrogens with one attached hydrogen (secondary N) is 1. The second-order valence-corrected chi connectivity index (χ2v) is 5.32. The van der Waals surface area contributed by atoms with Crippen LogP contribution in [-0.2, 0) is 0 Å². The van der Waals surface area contributed by atoms with Crippen LogP contribution < -0.4 is 10.1 Å². The molecule has 1 amide bonds. The van der Waals surface area contributed by atoms with E-state index in [0.717, 1.165) is 43.7 Å². The van der Waals surface area contributed by atoms with Crippen LogP contribution in [0.15, 0.2) is 24.3 Å². The summed E-state index contributed by atoms with van der Waals surface area (Å²) < 4.78 is 5.20. The van der Waals surface area contributed by atoms with Crippen LogP contribution in [-0.4, -0.2) is 43.1 Å². The predicted octanol–water partition coefficient (Wildman–Crippen LogP) is 2.08. The molecule has 1 N–H and O–H groups in total. The lowest BCUT2D eigenvalue weighted by Gasteiger charge is -2.28. The van der Waals surface area contributed by atoms with Crippen molar-refractivity contribution in [2.45, 2.75) is 31.3 Å². The van der Waals surface area contributed by atoms with Crippen molar-refractivity contribution in [2.75, 3.05) is 20.2 Å². The van der Waals surface area contributed by atoms with Crippen LogP contribution in [0.25, 0.3) is 0 Å². The molecule has 2 unspecified atom stereocenters. The summed E-state index contributed by atoms with van der Waals surface area (Å²) in [6, 6.07) is 8.21. The molecular formula is C15H21ClN2O2. The summed E-state index contributed by atoms with van der Waals surface area (Å²) in [6.07, 6.45) is 3.32. The van der Waals surface area contributed by atoms with Gasteiger partial charge in [0.1, 0.15) is 5.75 Å². The van der Waals surface area contributed by atoms with Crippen LogP contribution in [0.5, 0.6) is 5.75 Å². The average molecular weight is 297 g/mol. The maximum Gasteiger partial charge on any atom is 0.254 e. The Labute approximate surface area is 125 Å². The maximum absolute atomic E-state index is 12.7. The summed E-state index contributed by atoms with van der Waals surface area (Å²) in [6.45, 7) is 1.94. The number of fused-ring (bicyclic) bond motifs is 2. The molecular weight excluding hydrogens is 276 g/mol. The summed E-state index contributed by atoms with van der Waals surface area (Å²) in [5, 5.41) is 3.42. The van der Waals surface area contributed by atoms with E-state index in [-0.39, 0.29) is 18.3 Å². The Morgan fingerprint density at radius 1 is 1.30 bits per heavy atom. The Bertz CT molecular complexity index is 467. The first kappa shape index (κ1) is 15.1. The third-order valence-electron chi connectivity index (χ3n) is 4.21. The van der Waals surface area contributed by atoms with Crippen LogP contribution in [0, 0.1) is 0 Å². The number of nitrogens with zero attached hydrogens (tertiary/aromatic N) is 1. The molecule has 0 spiro atoms. The summed E-state index contributed by atoms with van der Waals surface area (Å²) in [5.41, 5.74) is 0.734. The first-order chi connectivity index (χ1) is 9.29. The fourth-order valence-corrected chi connectivity index (χ4v) is 3.22. The number of halogens is 1. The highest BCUT2D eigenvalue weighted by molar-refractivity contribution is 5.95. The Balaban J connectivity index is 0.00000147. The van der Waals surface area contributed by atoms with E-state index in [2.05, 4.69) is 10.2 Å². The van der Waals surface area contributed by atoms with Crippen molar-refractivity contribution in [3.05, 3.63) is 29.8 Å². The van der Waals surface area contributed by atoms with Gasteiger partial charge in [-0.2, -0.15) is 0 Å². The monoisotopic (exact) mass is 296 g/mol. The summed E-state index contributed by atoms with van der Waals surface area (Å²) in [5.74, 6) is 0.890. The zero-order valence-corrected chi connectivity index (χ0v) is 12.5. The lowest BCUT2D eigenvalue weighted by Crippen LogP contribution is -2.42. The maximum atomic E-state index is 12.7. The van der Waals surface area contributed by atoms with Gasteiger partial charge < -0.3 is 15.0 Å². The van der Waals surface area contributed by atoms with Gasteiger partial charge in [-0.05, 0) is 44.0 Å². The quantitative estimate of drug-likeness (QED) is 0.908. The number of hydrogen-bond acceptors (Lipinski definition) is 3. The van der Waals surface area contributed by atoms with Gasteiger partial charge in [0.2, 0.25) is 0 Å². The van der Waals surface area contributed by atoms with Gasteiger partial charge in [-0.15, -0.1) is 12.4 Å². The van der Waals surface area contributed by atoms with Gasteiger partial charge in [-0.25, -0.2) is 0 Å². The molecule has 2 atom stereocenters. The fraction of sp³-hybridized carbons (Fsp3) is 0.533. The lowest BCUT2D eigenvalue weighted by molar-refractivity contribution is 0.0680. The minimum absolute atomic E-state index is 0. The zero-order chi connectivity index (χ0) is 13.2. The summed E-state index contributed by atoms with van der Waals surface area (Å²) >= 11 is 0. The number of carbonyl (C=O) groups is 1. The molecule has 4 nitrogen and oxygen atoms in total. The number of ether oxygens (including phenoxy) is 1. The highest BCUT2D eigenvalue weighted by Crippen LogP contribution is 2.30. The SMILES string of the molecule is COc1cccc(C(=O)N2C3CCNCC2CC3)c1.Cl. The molecule has 0 radical (unpaired) electrons. The van der Waals surface area contributed by atoms with Gasteiger partial charge in [-0.1, -0.05) is 6.07 Å². The van der Waals surface area contributed by atoms with E-state index in [4.69, 9.17) is 4.74 Å². The second-order valence-electron chi connectivity index (χ2n) is 5.32. The summed E-state index contributed by atoms with van der Waals surface area (Å²) in [4.78, 5) is 14.8. The van der Waals surface area contributed by atoms with E-state index >= 15 is 0 Å². The van der Waals surface area contributed by atoms with Gasteiger partial charge in [0.05, 0.1) is 7.11 Å². The van der Waals surface area contributed by atoms with Gasteiger partial charge in [0.25, 0.3) is 5.91 Å². The minimum Gasteiger partial charge on any atom is -0.497 e. The molecule has 20 heavy (non-hydrogen) atoms. The molecule has 2 fully saturated rings. The van der Waals surface area contributed by atoms with E-state index < -0.39 is 0 Å². The molecule has 2 saturated heterocycles. The fourth-order valence-electron chi connectivity index (χ4n) is 3.22. The van der Waals surface area contributed by atoms with Crippen molar-refractivity contribution >= 4 is 18.3 Å². The predicted molar refractivity (Wildman–Crippen MR) is 80.7 cm³/mol. The molecule has 2 bridgehead atoms. The molecule has 0 aliphatic carbocycles. The molecule has 2 aliphatic heterocycles. The topological polar surface area (TPSA) is 41.6 Å². The molecule has 2 aliphatic rings. The van der Waals surface area contributed by atoms with Crippen LogP contribution in [0.4, 0.5) is 0 Å². The third-order valence-corrected chi connectivity index (χ3v) is 4.21. The first-order valence-corrected chi connectivity index (χ1v) is 6.97. The normalized spacial score (nSPS) is 24.8. The number of rotatable bonds is 2. The molecule has 3 rings (SSSR count). The molecule has 5 heteroatoms. The van der Waals surface area contributed by atoms with Gasteiger partial charge in [0.15, 0.2) is 0 Å². The van der Waals surface area contributed by atoms with Crippen LogP contribution in [0.3, 0.4) is 0 Å². The smallest absolute Gasteiger partial charge is 0.254 e. The minimum atomic E-state index is 0. The number of benzene rings is 1.